The molecule has 1 unspecified atom stereocenters. The van der Waals surface area contributed by atoms with Crippen molar-refractivity contribution in [2.45, 2.75) is 18.7 Å². The zero-order valence-electron chi connectivity index (χ0n) is 23.9. The maximum absolute atomic E-state index is 14.9. The topological polar surface area (TPSA) is 115 Å². The second-order valence-corrected chi connectivity index (χ2v) is 12.3. The van der Waals surface area contributed by atoms with Crippen molar-refractivity contribution in [1.82, 2.24) is 23.9 Å². The summed E-state index contributed by atoms with van der Waals surface area (Å²) in [5, 5.41) is 9.00. The van der Waals surface area contributed by atoms with E-state index in [9.17, 15) is 22.6 Å². The van der Waals surface area contributed by atoms with Crippen LogP contribution in [-0.4, -0.2) is 112 Å². The van der Waals surface area contributed by atoms with Gasteiger partial charge in [-0.2, -0.15) is 0 Å². The van der Waals surface area contributed by atoms with Crippen molar-refractivity contribution in [3.05, 3.63) is 53.6 Å². The first-order valence-electron chi connectivity index (χ1n) is 13.4. The van der Waals surface area contributed by atoms with Crippen molar-refractivity contribution in [2.75, 3.05) is 71.8 Å². The Hall–Kier alpha value is -2.82. The molecule has 0 aromatic heterocycles. The SMILES string of the molecule is CCOC(=O)N1CCN(CCSN(C)CCN(CC(=O)NO)S(=O)c2cc(F)c(Oc3ccc(C)cc3)c(F)c2)CC1. The van der Waals surface area contributed by atoms with Gasteiger partial charge in [0.05, 0.1) is 18.0 Å². The van der Waals surface area contributed by atoms with Gasteiger partial charge in [-0.1, -0.05) is 29.6 Å². The number of ether oxygens (including phenoxy) is 2. The molecule has 1 fully saturated rings. The molecule has 11 nitrogen and oxygen atoms in total. The lowest BCUT2D eigenvalue weighted by Crippen LogP contribution is -2.49. The first-order chi connectivity index (χ1) is 20.1. The number of halogens is 2. The molecule has 0 spiro atoms. The fourth-order valence-electron chi connectivity index (χ4n) is 4.04. The summed E-state index contributed by atoms with van der Waals surface area (Å²) >= 11 is 1.54. The van der Waals surface area contributed by atoms with Crippen LogP contribution < -0.4 is 10.2 Å². The van der Waals surface area contributed by atoms with E-state index in [-0.39, 0.29) is 23.3 Å². The third kappa shape index (κ3) is 10.2. The average molecular weight is 630 g/mol. The van der Waals surface area contributed by atoms with E-state index in [1.165, 1.54) is 9.79 Å². The van der Waals surface area contributed by atoms with E-state index in [2.05, 4.69) is 4.90 Å². The highest BCUT2D eigenvalue weighted by Crippen LogP contribution is 2.30. The number of amides is 2. The van der Waals surface area contributed by atoms with Gasteiger partial charge in [0.1, 0.15) is 16.7 Å². The number of aryl methyl sites for hydroxylation is 1. The number of nitrogens with one attached hydrogen (secondary N) is 1. The Morgan fingerprint density at radius 1 is 1.10 bits per heavy atom. The summed E-state index contributed by atoms with van der Waals surface area (Å²) in [5.41, 5.74) is 2.45. The molecule has 2 aromatic carbocycles. The Kier molecular flexibility index (Phi) is 13.4. The molecule has 1 atom stereocenters. The quantitative estimate of drug-likeness (QED) is 0.185. The summed E-state index contributed by atoms with van der Waals surface area (Å²) in [6, 6.07) is 8.46. The largest absolute Gasteiger partial charge is 0.451 e. The van der Waals surface area contributed by atoms with Gasteiger partial charge in [-0.25, -0.2) is 27.6 Å². The Morgan fingerprint density at radius 3 is 2.33 bits per heavy atom. The molecule has 2 N–H and O–H groups in total. The van der Waals surface area contributed by atoms with E-state index in [4.69, 9.17) is 14.7 Å². The van der Waals surface area contributed by atoms with Crippen LogP contribution in [0.2, 0.25) is 0 Å². The van der Waals surface area contributed by atoms with Gasteiger partial charge in [-0.05, 0) is 45.2 Å². The minimum atomic E-state index is -2.12. The molecule has 232 valence electrons. The maximum atomic E-state index is 14.9. The molecule has 0 saturated carbocycles. The van der Waals surface area contributed by atoms with Crippen LogP contribution in [0.1, 0.15) is 12.5 Å². The zero-order chi connectivity index (χ0) is 30.6. The third-order valence-corrected chi connectivity index (χ3v) is 8.78. The summed E-state index contributed by atoms with van der Waals surface area (Å²) in [6.45, 7) is 7.50. The van der Waals surface area contributed by atoms with Crippen LogP contribution in [0, 0.1) is 18.6 Å². The van der Waals surface area contributed by atoms with Gasteiger partial charge in [0.25, 0.3) is 5.91 Å². The normalized spacial score (nSPS) is 14.7. The molecule has 2 amide bonds. The predicted octanol–water partition coefficient (Wildman–Crippen LogP) is 3.25. The highest BCUT2D eigenvalue weighted by atomic mass is 32.2. The lowest BCUT2D eigenvalue weighted by molar-refractivity contribution is -0.129. The highest BCUT2D eigenvalue weighted by Gasteiger charge is 2.24. The van der Waals surface area contributed by atoms with E-state index in [1.54, 1.807) is 48.0 Å². The fourth-order valence-corrected chi connectivity index (χ4v) is 6.09. The second kappa shape index (κ2) is 16.7. The highest BCUT2D eigenvalue weighted by molar-refractivity contribution is 7.97. The number of carbonyl (C=O) groups excluding carboxylic acids is 2. The maximum Gasteiger partial charge on any atom is 0.409 e. The average Bonchev–Trinajstić information content (AvgIpc) is 2.97. The van der Waals surface area contributed by atoms with Gasteiger partial charge in [-0.15, -0.1) is 0 Å². The molecule has 42 heavy (non-hydrogen) atoms. The Morgan fingerprint density at radius 2 is 1.74 bits per heavy atom. The van der Waals surface area contributed by atoms with Crippen molar-refractivity contribution in [3.63, 3.8) is 0 Å². The van der Waals surface area contributed by atoms with Gasteiger partial charge in [0, 0.05) is 51.6 Å². The van der Waals surface area contributed by atoms with Crippen LogP contribution in [-0.2, 0) is 20.5 Å². The number of piperazine rings is 1. The minimum absolute atomic E-state index is 0.104. The van der Waals surface area contributed by atoms with Crippen LogP contribution >= 0.6 is 11.9 Å². The number of likely N-dealkylation sites (N-methyl/N-ethyl adjacent to an activating group) is 1. The van der Waals surface area contributed by atoms with Crippen molar-refractivity contribution in [3.8, 4) is 11.5 Å². The number of hydroxylamine groups is 1. The van der Waals surface area contributed by atoms with E-state index in [0.29, 0.717) is 26.2 Å². The Bertz CT molecular complexity index is 1190. The lowest BCUT2D eigenvalue weighted by Gasteiger charge is -2.34. The van der Waals surface area contributed by atoms with Gasteiger partial charge < -0.3 is 14.4 Å². The number of carbonyl (C=O) groups is 2. The molecule has 1 aliphatic rings. The van der Waals surface area contributed by atoms with Crippen molar-refractivity contribution in [2.24, 2.45) is 0 Å². The predicted molar refractivity (Wildman–Crippen MR) is 156 cm³/mol. The summed E-state index contributed by atoms with van der Waals surface area (Å²) in [5.74, 6) is -2.52. The van der Waals surface area contributed by atoms with Crippen LogP contribution in [0.3, 0.4) is 0 Å². The summed E-state index contributed by atoms with van der Waals surface area (Å²) in [7, 11) is -0.277. The molecule has 1 saturated heterocycles. The number of rotatable bonds is 14. The second-order valence-electron chi connectivity index (χ2n) is 9.49. The van der Waals surface area contributed by atoms with Gasteiger partial charge in [-0.3, -0.25) is 19.2 Å². The van der Waals surface area contributed by atoms with Crippen LogP contribution in [0.15, 0.2) is 41.3 Å². The number of hydrogen-bond acceptors (Lipinski definition) is 9. The molecule has 2 aromatic rings. The molecule has 3 rings (SSSR count). The molecular formula is C27H37F2N5O6S2. The summed E-state index contributed by atoms with van der Waals surface area (Å²) in [6.07, 6.45) is -0.292. The fraction of sp³-hybridized carbons (Fsp3) is 0.481. The molecule has 0 aliphatic carbocycles. The van der Waals surface area contributed by atoms with Crippen LogP contribution in [0.4, 0.5) is 13.6 Å². The van der Waals surface area contributed by atoms with Crippen LogP contribution in [0.25, 0.3) is 0 Å². The van der Waals surface area contributed by atoms with Gasteiger partial charge in [0.2, 0.25) is 0 Å². The Labute approximate surface area is 251 Å². The van der Waals surface area contributed by atoms with E-state index < -0.39 is 40.8 Å². The number of benzene rings is 2. The van der Waals surface area contributed by atoms with E-state index in [1.807, 2.05) is 18.3 Å². The summed E-state index contributed by atoms with van der Waals surface area (Å²) < 4.78 is 56.5. The first kappa shape index (κ1) is 33.7. The van der Waals surface area contributed by atoms with E-state index in [0.717, 1.165) is 43.1 Å². The monoisotopic (exact) mass is 629 g/mol. The first-order valence-corrected chi connectivity index (χ1v) is 15.5. The Balaban J connectivity index is 1.54. The molecule has 0 radical (unpaired) electrons. The van der Waals surface area contributed by atoms with Crippen molar-refractivity contribution >= 4 is 34.9 Å². The van der Waals surface area contributed by atoms with Crippen LogP contribution in [0.5, 0.6) is 11.5 Å². The van der Waals surface area contributed by atoms with Crippen molar-refractivity contribution < 1.29 is 37.3 Å². The van der Waals surface area contributed by atoms with Gasteiger partial charge in [0.15, 0.2) is 17.4 Å². The van der Waals surface area contributed by atoms with Gasteiger partial charge >= 0.3 is 6.09 Å². The zero-order valence-corrected chi connectivity index (χ0v) is 25.5. The molecule has 0 bridgehead atoms. The molecule has 15 heteroatoms. The molecular weight excluding hydrogens is 592 g/mol. The van der Waals surface area contributed by atoms with E-state index >= 15 is 0 Å². The summed E-state index contributed by atoms with van der Waals surface area (Å²) in [4.78, 5) is 27.5. The minimum Gasteiger partial charge on any atom is -0.451 e. The standard InChI is InChI=1S/C27H37F2N5O6S2/c1-4-39-27(36)33-12-10-32(11-13-33)15-16-41-31(3)9-14-34(19-25(35)30-37)42(38)22-17-23(28)26(24(29)18-22)40-21-7-5-20(2)6-8-21/h5-8,17-18,37H,4,9-16,19H2,1-3H3,(H,30,35). The molecule has 1 heterocycles. The molecule has 1 aliphatic heterocycles. The number of nitrogens with zero attached hydrogens (tertiary/aromatic N) is 4. The number of hydrogen-bond donors (Lipinski definition) is 2. The lowest BCUT2D eigenvalue weighted by atomic mass is 10.2. The third-order valence-electron chi connectivity index (χ3n) is 6.38. The van der Waals surface area contributed by atoms with Crippen molar-refractivity contribution in [1.29, 1.82) is 0 Å². The smallest absolute Gasteiger partial charge is 0.409 e.